The first-order chi connectivity index (χ1) is 20.4. The van der Waals surface area contributed by atoms with Crippen LogP contribution in [0.3, 0.4) is 0 Å². The second-order valence-electron chi connectivity index (χ2n) is 14.1. The van der Waals surface area contributed by atoms with E-state index in [1.54, 1.807) is 13.8 Å². The molecule has 9 heteroatoms. The van der Waals surface area contributed by atoms with Gasteiger partial charge in [0.25, 0.3) is 0 Å². The smallest absolute Gasteiger partial charge is 0.317 e. The predicted molar refractivity (Wildman–Crippen MR) is 171 cm³/mol. The summed E-state index contributed by atoms with van der Waals surface area (Å²) in [6.45, 7) is 13.7. The molecule has 2 fully saturated rings. The largest absolute Gasteiger partial charge is 0.481 e. The normalized spacial score (nSPS) is 24.0. The van der Waals surface area contributed by atoms with Crippen molar-refractivity contribution in [2.75, 3.05) is 19.7 Å². The zero-order chi connectivity index (χ0) is 31.9. The minimum atomic E-state index is -0.965. The Labute approximate surface area is 261 Å². The number of hydrogen-bond donors (Lipinski definition) is 3. The fourth-order valence-electron chi connectivity index (χ4n) is 6.45. The first-order valence-corrected chi connectivity index (χ1v) is 17.3. The summed E-state index contributed by atoms with van der Waals surface area (Å²) in [4.78, 5) is 41.4. The van der Waals surface area contributed by atoms with E-state index in [9.17, 15) is 19.5 Å². The molecule has 2 rings (SSSR count). The molecule has 0 bridgehead atoms. The van der Waals surface area contributed by atoms with Crippen molar-refractivity contribution in [1.29, 1.82) is 0 Å². The van der Waals surface area contributed by atoms with Crippen LogP contribution in [-0.4, -0.2) is 71.6 Å². The molecular weight excluding hydrogens is 546 g/mol. The number of unbranched alkanes of at least 4 members (excludes halogenated alkanes) is 8. The van der Waals surface area contributed by atoms with Gasteiger partial charge in [0.1, 0.15) is 6.10 Å². The predicted octanol–water partition coefficient (Wildman–Crippen LogP) is 7.02. The van der Waals surface area contributed by atoms with Gasteiger partial charge in [0.15, 0.2) is 5.79 Å². The summed E-state index contributed by atoms with van der Waals surface area (Å²) in [7, 11) is 0. The molecule has 0 aromatic heterocycles. The topological polar surface area (TPSA) is 117 Å². The van der Waals surface area contributed by atoms with E-state index in [0.29, 0.717) is 6.61 Å². The third-order valence-corrected chi connectivity index (χ3v) is 9.11. The summed E-state index contributed by atoms with van der Waals surface area (Å²) in [6.07, 6.45) is 14.9. The molecular formula is C34H63N3O6. The van der Waals surface area contributed by atoms with Gasteiger partial charge in [-0.3, -0.25) is 9.59 Å². The second kappa shape index (κ2) is 18.8. The van der Waals surface area contributed by atoms with Gasteiger partial charge in [-0.2, -0.15) is 0 Å². The highest BCUT2D eigenvalue weighted by Gasteiger charge is 2.47. The van der Waals surface area contributed by atoms with E-state index in [1.807, 2.05) is 18.7 Å². The average Bonchev–Trinajstić information content (AvgIpc) is 3.17. The SMILES string of the molecule is CCCCCCCCN(CCCCCC)C(=O)NC1CCCCCC1C(CC(=O)O)NC(=O)C1OC(C)(C)OCC1(C)C. The molecule has 43 heavy (non-hydrogen) atoms. The third kappa shape index (κ3) is 13.3. The molecule has 9 nitrogen and oxygen atoms in total. The van der Waals surface area contributed by atoms with Gasteiger partial charge < -0.3 is 30.1 Å². The lowest BCUT2D eigenvalue weighted by atomic mass is 9.83. The third-order valence-electron chi connectivity index (χ3n) is 9.11. The highest BCUT2D eigenvalue weighted by atomic mass is 16.7. The zero-order valence-corrected chi connectivity index (χ0v) is 28.2. The highest BCUT2D eigenvalue weighted by molar-refractivity contribution is 5.83. The molecule has 4 atom stereocenters. The number of rotatable bonds is 18. The molecule has 0 aromatic rings. The van der Waals surface area contributed by atoms with Crippen LogP contribution in [0.1, 0.15) is 144 Å². The summed E-state index contributed by atoms with van der Waals surface area (Å²) < 4.78 is 11.8. The fraction of sp³-hybridized carbons (Fsp3) is 0.912. The number of hydrogen-bond acceptors (Lipinski definition) is 5. The van der Waals surface area contributed by atoms with Crippen LogP contribution >= 0.6 is 0 Å². The van der Waals surface area contributed by atoms with Gasteiger partial charge in [0.2, 0.25) is 5.91 Å². The number of nitrogens with zero attached hydrogens (tertiary/aromatic N) is 1. The number of ether oxygens (including phenoxy) is 2. The molecule has 1 aliphatic heterocycles. The summed E-state index contributed by atoms with van der Waals surface area (Å²) in [5.74, 6) is -2.37. The van der Waals surface area contributed by atoms with Crippen molar-refractivity contribution in [3.05, 3.63) is 0 Å². The highest BCUT2D eigenvalue weighted by Crippen LogP contribution is 2.36. The molecule has 3 amide bonds. The Morgan fingerprint density at radius 1 is 0.860 bits per heavy atom. The number of carboxylic acid groups (broad SMARTS) is 1. The number of nitrogens with one attached hydrogen (secondary N) is 2. The molecule has 0 radical (unpaired) electrons. The fourth-order valence-corrected chi connectivity index (χ4v) is 6.45. The maximum absolute atomic E-state index is 13.7. The number of carbonyl (C=O) groups excluding carboxylic acids is 2. The van der Waals surface area contributed by atoms with Gasteiger partial charge in [-0.1, -0.05) is 98.3 Å². The Morgan fingerprint density at radius 3 is 2.07 bits per heavy atom. The summed E-state index contributed by atoms with van der Waals surface area (Å²) in [5, 5.41) is 16.3. The van der Waals surface area contributed by atoms with Crippen LogP contribution in [0.4, 0.5) is 4.79 Å². The first-order valence-electron chi connectivity index (χ1n) is 17.3. The molecule has 2 aliphatic rings. The molecule has 1 heterocycles. The van der Waals surface area contributed by atoms with Gasteiger partial charge in [0, 0.05) is 36.5 Å². The minimum Gasteiger partial charge on any atom is -0.481 e. The lowest BCUT2D eigenvalue weighted by molar-refractivity contribution is -0.304. The van der Waals surface area contributed by atoms with Crippen molar-refractivity contribution in [1.82, 2.24) is 15.5 Å². The maximum atomic E-state index is 13.7. The summed E-state index contributed by atoms with van der Waals surface area (Å²) >= 11 is 0. The van der Waals surface area contributed by atoms with Crippen molar-refractivity contribution < 1.29 is 29.0 Å². The van der Waals surface area contributed by atoms with E-state index in [0.717, 1.165) is 77.3 Å². The van der Waals surface area contributed by atoms with Crippen LogP contribution in [0.2, 0.25) is 0 Å². The van der Waals surface area contributed by atoms with E-state index in [2.05, 4.69) is 24.5 Å². The Balaban J connectivity index is 2.17. The molecule has 3 N–H and O–H groups in total. The van der Waals surface area contributed by atoms with Crippen LogP contribution in [0, 0.1) is 11.3 Å². The summed E-state index contributed by atoms with van der Waals surface area (Å²) in [6, 6.07) is -0.879. The molecule has 0 aromatic carbocycles. The van der Waals surface area contributed by atoms with Crippen LogP contribution in [0.25, 0.3) is 0 Å². The minimum absolute atomic E-state index is 0.0574. The van der Waals surface area contributed by atoms with Crippen molar-refractivity contribution in [3.63, 3.8) is 0 Å². The van der Waals surface area contributed by atoms with Crippen molar-refractivity contribution >= 4 is 17.9 Å². The number of amides is 3. The van der Waals surface area contributed by atoms with E-state index >= 15 is 0 Å². The lowest BCUT2D eigenvalue weighted by Gasteiger charge is -2.45. The number of carboxylic acids is 1. The molecule has 1 saturated carbocycles. The second-order valence-corrected chi connectivity index (χ2v) is 14.1. The zero-order valence-electron chi connectivity index (χ0n) is 28.2. The van der Waals surface area contributed by atoms with Crippen LogP contribution in [-0.2, 0) is 19.1 Å². The van der Waals surface area contributed by atoms with Crippen LogP contribution in [0.5, 0.6) is 0 Å². The quantitative estimate of drug-likeness (QED) is 0.114. The Hall–Kier alpha value is -1.87. The molecule has 1 saturated heterocycles. The van der Waals surface area contributed by atoms with Gasteiger partial charge in [0.05, 0.1) is 13.0 Å². The van der Waals surface area contributed by atoms with Crippen LogP contribution in [0.15, 0.2) is 0 Å². The van der Waals surface area contributed by atoms with E-state index in [4.69, 9.17) is 9.47 Å². The Kier molecular flexibility index (Phi) is 16.3. The van der Waals surface area contributed by atoms with Crippen molar-refractivity contribution in [2.24, 2.45) is 11.3 Å². The number of urea groups is 1. The van der Waals surface area contributed by atoms with Crippen LogP contribution < -0.4 is 10.6 Å². The van der Waals surface area contributed by atoms with Gasteiger partial charge >= 0.3 is 12.0 Å². The molecule has 0 spiro atoms. The van der Waals surface area contributed by atoms with E-state index in [1.165, 1.54) is 32.1 Å². The molecule has 1 aliphatic carbocycles. The van der Waals surface area contributed by atoms with Gasteiger partial charge in [-0.15, -0.1) is 0 Å². The Morgan fingerprint density at radius 2 is 1.44 bits per heavy atom. The van der Waals surface area contributed by atoms with Crippen molar-refractivity contribution in [2.45, 2.75) is 168 Å². The first kappa shape index (κ1) is 37.3. The van der Waals surface area contributed by atoms with E-state index < -0.39 is 29.3 Å². The van der Waals surface area contributed by atoms with Gasteiger partial charge in [-0.05, 0) is 39.5 Å². The van der Waals surface area contributed by atoms with E-state index in [-0.39, 0.29) is 30.3 Å². The van der Waals surface area contributed by atoms with Gasteiger partial charge in [-0.25, -0.2) is 4.79 Å². The average molecular weight is 610 g/mol. The summed E-state index contributed by atoms with van der Waals surface area (Å²) in [5.41, 5.74) is -0.570. The number of carbonyl (C=O) groups is 3. The standard InChI is InChI=1S/C34H63N3O6/c1-7-9-11-13-14-19-23-37(22-18-12-10-8-2)32(41)36-27-21-17-15-16-20-26(27)28(24-29(38)39)35-31(40)30-33(3,4)25-42-34(5,6)43-30/h26-28,30H,7-25H2,1-6H3,(H,35,40)(H,36,41)(H,38,39). The Bertz CT molecular complexity index is 848. The monoisotopic (exact) mass is 609 g/mol. The lowest BCUT2D eigenvalue weighted by Crippen LogP contribution is -2.60. The molecule has 250 valence electrons. The molecule has 4 unspecified atom stereocenters. The number of aliphatic carboxylic acids is 1. The maximum Gasteiger partial charge on any atom is 0.317 e. The van der Waals surface area contributed by atoms with Crippen molar-refractivity contribution in [3.8, 4) is 0 Å².